The van der Waals surface area contributed by atoms with Crippen molar-refractivity contribution in [3.63, 3.8) is 0 Å². The number of rotatable bonds is 5. The maximum atomic E-state index is 13.0. The fraction of sp³-hybridized carbons (Fsp3) is 0.0909. The van der Waals surface area contributed by atoms with E-state index in [0.717, 1.165) is 11.1 Å². The lowest BCUT2D eigenvalue weighted by molar-refractivity contribution is 0.0692. The van der Waals surface area contributed by atoms with Crippen LogP contribution in [0.1, 0.15) is 27.6 Å². The minimum absolute atomic E-state index is 0.0274. The highest BCUT2D eigenvalue weighted by Crippen LogP contribution is 2.27. The van der Waals surface area contributed by atoms with Crippen LogP contribution in [0.15, 0.2) is 94.2 Å². The van der Waals surface area contributed by atoms with Crippen molar-refractivity contribution in [1.29, 1.82) is 0 Å². The summed E-state index contributed by atoms with van der Waals surface area (Å²) in [6, 6.07) is 24.0. The largest absolute Gasteiger partial charge is 0.478 e. The number of aromatic carboxylic acids is 1. The lowest BCUT2D eigenvalue weighted by atomic mass is 10.0. The molecule has 0 aromatic heterocycles. The van der Waals surface area contributed by atoms with Gasteiger partial charge in [0.15, 0.2) is 6.10 Å². The molecule has 3 aromatic rings. The predicted octanol–water partition coefficient (Wildman–Crippen LogP) is 4.77. The van der Waals surface area contributed by atoms with Crippen molar-refractivity contribution >= 4 is 21.8 Å². The third kappa shape index (κ3) is 4.89. The summed E-state index contributed by atoms with van der Waals surface area (Å²) in [5, 5.41) is 9.32. The zero-order valence-corrected chi connectivity index (χ0v) is 16.4. The van der Waals surface area contributed by atoms with Gasteiger partial charge in [-0.25, -0.2) is 13.8 Å². The number of nitrogens with zero attached hydrogens (tertiary/aromatic N) is 1. The molecule has 148 valence electrons. The standard InChI is InChI=1S/C22H19NO5S/c1-29(27,19-15-9-8-14-18(19)21(24)25)23-22(26)28-20(16-10-4-2-5-11-16)17-12-6-3-7-13-17/h2-15,20H,1H3,(H,24,25). The number of hydrogen-bond donors (Lipinski definition) is 1. The van der Waals surface area contributed by atoms with E-state index in [1.54, 1.807) is 6.07 Å². The first-order valence-electron chi connectivity index (χ1n) is 8.73. The van der Waals surface area contributed by atoms with Crippen LogP contribution in [0, 0.1) is 0 Å². The zero-order valence-electron chi connectivity index (χ0n) is 15.6. The molecule has 3 aromatic carbocycles. The molecule has 0 aliphatic heterocycles. The van der Waals surface area contributed by atoms with Crippen LogP contribution in [0.3, 0.4) is 0 Å². The smallest absolute Gasteiger partial charge is 0.443 e. The van der Waals surface area contributed by atoms with E-state index in [9.17, 15) is 18.9 Å². The molecule has 1 atom stereocenters. The molecule has 0 saturated heterocycles. The van der Waals surface area contributed by atoms with E-state index in [0.29, 0.717) is 0 Å². The molecule has 1 amide bonds. The van der Waals surface area contributed by atoms with Crippen molar-refractivity contribution in [2.45, 2.75) is 11.0 Å². The van der Waals surface area contributed by atoms with Gasteiger partial charge >= 0.3 is 12.1 Å². The van der Waals surface area contributed by atoms with Gasteiger partial charge in [-0.3, -0.25) is 0 Å². The molecule has 0 aliphatic carbocycles. The fourth-order valence-electron chi connectivity index (χ4n) is 2.87. The monoisotopic (exact) mass is 409 g/mol. The van der Waals surface area contributed by atoms with E-state index < -0.39 is 27.9 Å². The molecule has 0 fully saturated rings. The highest BCUT2D eigenvalue weighted by molar-refractivity contribution is 7.93. The Kier molecular flexibility index (Phi) is 6.09. The van der Waals surface area contributed by atoms with Gasteiger partial charge < -0.3 is 9.84 Å². The number of carbonyl (C=O) groups is 2. The van der Waals surface area contributed by atoms with Crippen LogP contribution in [0.2, 0.25) is 0 Å². The Balaban J connectivity index is 1.97. The summed E-state index contributed by atoms with van der Waals surface area (Å²) >= 11 is 0. The molecule has 7 heteroatoms. The Morgan fingerprint density at radius 3 is 1.86 bits per heavy atom. The molecule has 0 spiro atoms. The molecule has 0 aliphatic rings. The minimum atomic E-state index is -3.33. The maximum Gasteiger partial charge on any atom is 0.443 e. The Morgan fingerprint density at radius 1 is 0.862 bits per heavy atom. The van der Waals surface area contributed by atoms with Gasteiger partial charge in [0, 0.05) is 6.26 Å². The second-order valence-corrected chi connectivity index (χ2v) is 8.51. The minimum Gasteiger partial charge on any atom is -0.478 e. The number of hydrogen-bond acceptors (Lipinski definition) is 4. The molecule has 0 saturated carbocycles. The van der Waals surface area contributed by atoms with Crippen molar-refractivity contribution in [1.82, 2.24) is 0 Å². The third-order valence-electron chi connectivity index (χ3n) is 4.20. The summed E-state index contributed by atoms with van der Waals surface area (Å²) in [5.41, 5.74) is 1.30. The highest BCUT2D eigenvalue weighted by Gasteiger charge is 2.22. The van der Waals surface area contributed by atoms with Crippen LogP contribution >= 0.6 is 0 Å². The van der Waals surface area contributed by atoms with Gasteiger partial charge in [-0.15, -0.1) is 4.36 Å². The molecule has 29 heavy (non-hydrogen) atoms. The van der Waals surface area contributed by atoms with Gasteiger partial charge in [-0.1, -0.05) is 72.8 Å². The van der Waals surface area contributed by atoms with E-state index >= 15 is 0 Å². The van der Waals surface area contributed by atoms with E-state index in [-0.39, 0.29) is 10.5 Å². The molecule has 3 rings (SSSR count). The van der Waals surface area contributed by atoms with Crippen molar-refractivity contribution < 1.29 is 23.6 Å². The van der Waals surface area contributed by atoms with Crippen molar-refractivity contribution in [3.05, 3.63) is 102 Å². The van der Waals surface area contributed by atoms with Crippen molar-refractivity contribution in [3.8, 4) is 0 Å². The lowest BCUT2D eigenvalue weighted by Gasteiger charge is -2.18. The molecule has 0 bridgehead atoms. The number of carboxylic acid groups (broad SMARTS) is 1. The van der Waals surface area contributed by atoms with Crippen LogP contribution in [0.4, 0.5) is 4.79 Å². The summed E-state index contributed by atoms with van der Waals surface area (Å²) in [7, 11) is -3.33. The highest BCUT2D eigenvalue weighted by atomic mass is 32.2. The molecule has 1 N–H and O–H groups in total. The fourth-order valence-corrected chi connectivity index (χ4v) is 4.19. The van der Waals surface area contributed by atoms with Gasteiger partial charge in [0.05, 0.1) is 20.2 Å². The van der Waals surface area contributed by atoms with Gasteiger partial charge in [0.25, 0.3) is 0 Å². The average molecular weight is 409 g/mol. The lowest BCUT2D eigenvalue weighted by Crippen LogP contribution is -2.13. The van der Waals surface area contributed by atoms with Gasteiger partial charge in [0.1, 0.15) is 0 Å². The topological polar surface area (TPSA) is 93.0 Å². The van der Waals surface area contributed by atoms with E-state index in [1.807, 2.05) is 60.7 Å². The van der Waals surface area contributed by atoms with Crippen molar-refractivity contribution in [2.75, 3.05) is 6.26 Å². The first kappa shape index (κ1) is 20.3. The first-order chi connectivity index (χ1) is 13.9. The van der Waals surface area contributed by atoms with Crippen LogP contribution in [-0.4, -0.2) is 27.6 Å². The number of benzene rings is 3. The van der Waals surface area contributed by atoms with E-state index in [2.05, 4.69) is 4.36 Å². The number of amides is 1. The maximum absolute atomic E-state index is 13.0. The molecular formula is C22H19NO5S. The van der Waals surface area contributed by atoms with Gasteiger partial charge in [0.2, 0.25) is 0 Å². The molecular weight excluding hydrogens is 390 g/mol. The van der Waals surface area contributed by atoms with Crippen LogP contribution in [-0.2, 0) is 14.5 Å². The van der Waals surface area contributed by atoms with Gasteiger partial charge in [-0.2, -0.15) is 0 Å². The zero-order chi connectivity index (χ0) is 20.9. The Hall–Kier alpha value is -3.45. The second-order valence-electron chi connectivity index (χ2n) is 6.28. The molecule has 6 nitrogen and oxygen atoms in total. The second kappa shape index (κ2) is 8.70. The SMILES string of the molecule is CS(=O)(=NC(=O)OC(c1ccccc1)c1ccccc1)c1ccccc1C(=O)O. The third-order valence-corrected chi connectivity index (χ3v) is 5.87. The summed E-state index contributed by atoms with van der Waals surface area (Å²) < 4.78 is 22.3. The normalized spacial score (nSPS) is 12.8. The quantitative estimate of drug-likeness (QED) is 0.655. The number of carbonyl (C=O) groups excluding carboxylic acids is 1. The average Bonchev–Trinajstić information content (AvgIpc) is 2.73. The first-order valence-corrected chi connectivity index (χ1v) is 10.7. The van der Waals surface area contributed by atoms with Crippen LogP contribution < -0.4 is 0 Å². The van der Waals surface area contributed by atoms with E-state index in [1.165, 1.54) is 24.5 Å². The molecule has 0 heterocycles. The van der Waals surface area contributed by atoms with Crippen LogP contribution in [0.5, 0.6) is 0 Å². The molecule has 1 unspecified atom stereocenters. The predicted molar refractivity (Wildman–Crippen MR) is 109 cm³/mol. The summed E-state index contributed by atoms with van der Waals surface area (Å²) in [5.74, 6) is -1.25. The number of ether oxygens (including phenoxy) is 1. The number of carboxylic acids is 1. The van der Waals surface area contributed by atoms with Crippen molar-refractivity contribution in [2.24, 2.45) is 4.36 Å². The Morgan fingerprint density at radius 2 is 1.34 bits per heavy atom. The van der Waals surface area contributed by atoms with Crippen LogP contribution in [0.25, 0.3) is 0 Å². The summed E-state index contributed by atoms with van der Waals surface area (Å²) in [4.78, 5) is 23.9. The van der Waals surface area contributed by atoms with E-state index in [4.69, 9.17) is 4.74 Å². The molecule has 0 radical (unpaired) electrons. The summed E-state index contributed by atoms with van der Waals surface area (Å²) in [6.07, 6.45) is -0.551. The summed E-state index contributed by atoms with van der Waals surface area (Å²) in [6.45, 7) is 0. The Labute approximate surface area is 169 Å². The Bertz CT molecular complexity index is 1100. The van der Waals surface area contributed by atoms with Gasteiger partial charge in [-0.05, 0) is 23.3 Å².